The van der Waals surface area contributed by atoms with Gasteiger partial charge in [-0.05, 0) is 68.8 Å². The Kier molecular flexibility index (Phi) is 7.74. The molecular formula is C27H35ClN6O2. The highest BCUT2D eigenvalue weighted by Crippen LogP contribution is 2.34. The molecule has 0 spiro atoms. The molecule has 3 aliphatic rings. The summed E-state index contributed by atoms with van der Waals surface area (Å²) < 4.78 is 6.54. The second kappa shape index (κ2) is 11.2. The molecule has 2 aromatic heterocycles. The van der Waals surface area contributed by atoms with E-state index < -0.39 is 0 Å². The number of anilines is 2. The molecular weight excluding hydrogens is 476 g/mol. The van der Waals surface area contributed by atoms with E-state index in [1.165, 1.54) is 0 Å². The fourth-order valence-electron chi connectivity index (χ4n) is 5.43. The summed E-state index contributed by atoms with van der Waals surface area (Å²) in [6.45, 7) is 5.67. The molecule has 3 aliphatic heterocycles. The predicted octanol–water partition coefficient (Wildman–Crippen LogP) is 3.39. The summed E-state index contributed by atoms with van der Waals surface area (Å²) in [5.41, 5.74) is 2.16. The number of rotatable bonds is 6. The molecule has 5 heterocycles. The first-order valence-corrected chi connectivity index (χ1v) is 13.0. The first kappa shape index (κ1) is 25.0. The van der Waals surface area contributed by atoms with Gasteiger partial charge in [-0.2, -0.15) is 4.98 Å². The smallest absolute Gasteiger partial charge is 0.228 e. The monoisotopic (exact) mass is 510 g/mol. The molecule has 0 radical (unpaired) electrons. The van der Waals surface area contributed by atoms with Crippen molar-refractivity contribution in [3.05, 3.63) is 48.2 Å². The average Bonchev–Trinajstić information content (AvgIpc) is 2.90. The van der Waals surface area contributed by atoms with Crippen LogP contribution in [-0.2, 0) is 0 Å². The maximum absolute atomic E-state index is 9.48. The number of halogens is 1. The number of piperidine rings is 2. The van der Waals surface area contributed by atoms with Crippen molar-refractivity contribution >= 4 is 35.1 Å². The molecule has 192 valence electrons. The van der Waals surface area contributed by atoms with Crippen molar-refractivity contribution in [3.63, 3.8) is 0 Å². The van der Waals surface area contributed by atoms with Crippen LogP contribution in [0, 0.1) is 5.92 Å². The van der Waals surface area contributed by atoms with Gasteiger partial charge in [-0.1, -0.05) is 18.2 Å². The van der Waals surface area contributed by atoms with E-state index in [4.69, 9.17) is 19.7 Å². The lowest BCUT2D eigenvalue weighted by Crippen LogP contribution is -2.54. The normalized spacial score (nSPS) is 19.7. The van der Waals surface area contributed by atoms with E-state index in [2.05, 4.69) is 39.4 Å². The Morgan fingerprint density at radius 3 is 2.50 bits per heavy atom. The fourth-order valence-corrected chi connectivity index (χ4v) is 5.43. The SMILES string of the molecule is Cl.OCC1CCN(c2ncc(C3CCNCC3)c(OC3CN(c4ccc5ccccc5n4)C3)n2)CC1. The number of nitrogens with one attached hydrogen (secondary N) is 1. The molecule has 0 atom stereocenters. The molecule has 0 saturated carbocycles. The van der Waals surface area contributed by atoms with Gasteiger partial charge in [0.1, 0.15) is 11.9 Å². The lowest BCUT2D eigenvalue weighted by Gasteiger charge is -2.40. The molecule has 0 unspecified atom stereocenters. The van der Waals surface area contributed by atoms with Crippen molar-refractivity contribution in [1.82, 2.24) is 20.3 Å². The Hall–Kier alpha value is -2.68. The molecule has 9 heteroatoms. The van der Waals surface area contributed by atoms with Crippen molar-refractivity contribution in [1.29, 1.82) is 0 Å². The number of aliphatic hydroxyl groups excluding tert-OH is 1. The quantitative estimate of drug-likeness (QED) is 0.522. The van der Waals surface area contributed by atoms with Crippen LogP contribution in [0.25, 0.3) is 10.9 Å². The molecule has 3 saturated heterocycles. The highest BCUT2D eigenvalue weighted by molar-refractivity contribution is 5.85. The minimum atomic E-state index is 0. The maximum Gasteiger partial charge on any atom is 0.228 e. The van der Waals surface area contributed by atoms with E-state index in [1.807, 2.05) is 18.3 Å². The van der Waals surface area contributed by atoms with Crippen LogP contribution in [0.3, 0.4) is 0 Å². The highest BCUT2D eigenvalue weighted by Gasteiger charge is 2.32. The number of benzene rings is 1. The van der Waals surface area contributed by atoms with Gasteiger partial charge in [-0.15, -0.1) is 12.4 Å². The van der Waals surface area contributed by atoms with Crippen molar-refractivity contribution in [3.8, 4) is 5.88 Å². The molecule has 0 bridgehead atoms. The molecule has 8 nitrogen and oxygen atoms in total. The number of hydrogen-bond acceptors (Lipinski definition) is 8. The van der Waals surface area contributed by atoms with Gasteiger partial charge < -0.3 is 25.0 Å². The highest BCUT2D eigenvalue weighted by atomic mass is 35.5. The summed E-state index contributed by atoms with van der Waals surface area (Å²) in [6, 6.07) is 12.5. The van der Waals surface area contributed by atoms with Crippen LogP contribution in [0.4, 0.5) is 11.8 Å². The number of pyridine rings is 1. The Morgan fingerprint density at radius 2 is 1.72 bits per heavy atom. The number of aromatic nitrogens is 3. The molecule has 3 aromatic rings. The van der Waals surface area contributed by atoms with Crippen LogP contribution in [0.2, 0.25) is 0 Å². The van der Waals surface area contributed by atoms with Gasteiger partial charge in [0.2, 0.25) is 11.8 Å². The zero-order valence-electron chi connectivity index (χ0n) is 20.6. The van der Waals surface area contributed by atoms with E-state index in [-0.39, 0.29) is 25.1 Å². The molecule has 3 fully saturated rings. The third kappa shape index (κ3) is 5.21. The van der Waals surface area contributed by atoms with Gasteiger partial charge >= 0.3 is 0 Å². The fraction of sp³-hybridized carbons (Fsp3) is 0.519. The third-order valence-corrected chi connectivity index (χ3v) is 7.74. The van der Waals surface area contributed by atoms with Gasteiger partial charge in [0.05, 0.1) is 18.6 Å². The molecule has 0 amide bonds. The zero-order chi connectivity index (χ0) is 23.6. The summed E-state index contributed by atoms with van der Waals surface area (Å²) in [7, 11) is 0. The topological polar surface area (TPSA) is 86.6 Å². The molecule has 2 N–H and O–H groups in total. The van der Waals surface area contributed by atoms with Crippen LogP contribution in [0.1, 0.15) is 37.2 Å². The second-order valence-electron chi connectivity index (χ2n) is 10.1. The summed E-state index contributed by atoms with van der Waals surface area (Å²) in [5.74, 6) is 3.32. The van der Waals surface area contributed by atoms with Crippen molar-refractivity contribution in [2.75, 3.05) is 55.7 Å². The van der Waals surface area contributed by atoms with Gasteiger partial charge in [-0.25, -0.2) is 9.97 Å². The summed E-state index contributed by atoms with van der Waals surface area (Å²) in [5, 5.41) is 14.1. The average molecular weight is 511 g/mol. The number of aliphatic hydroxyl groups is 1. The van der Waals surface area contributed by atoms with Gasteiger partial charge in [0, 0.05) is 36.8 Å². The number of para-hydroxylation sites is 1. The molecule has 36 heavy (non-hydrogen) atoms. The zero-order valence-corrected chi connectivity index (χ0v) is 21.4. The van der Waals surface area contributed by atoms with Crippen molar-refractivity contribution < 1.29 is 9.84 Å². The van der Waals surface area contributed by atoms with E-state index >= 15 is 0 Å². The summed E-state index contributed by atoms with van der Waals surface area (Å²) in [6.07, 6.45) is 6.21. The molecule has 1 aromatic carbocycles. The van der Waals surface area contributed by atoms with E-state index in [0.717, 1.165) is 99.1 Å². The van der Waals surface area contributed by atoms with Crippen LogP contribution < -0.4 is 19.9 Å². The van der Waals surface area contributed by atoms with E-state index in [9.17, 15) is 5.11 Å². The lowest BCUT2D eigenvalue weighted by molar-refractivity contribution is 0.156. The van der Waals surface area contributed by atoms with Crippen LogP contribution in [0.5, 0.6) is 5.88 Å². The van der Waals surface area contributed by atoms with Gasteiger partial charge in [0.15, 0.2) is 0 Å². The second-order valence-corrected chi connectivity index (χ2v) is 10.1. The van der Waals surface area contributed by atoms with E-state index in [1.54, 1.807) is 0 Å². The third-order valence-electron chi connectivity index (χ3n) is 7.74. The number of ether oxygens (including phenoxy) is 1. The van der Waals surface area contributed by atoms with Crippen molar-refractivity contribution in [2.24, 2.45) is 5.92 Å². The Morgan fingerprint density at radius 1 is 0.944 bits per heavy atom. The van der Waals surface area contributed by atoms with Crippen molar-refractivity contribution in [2.45, 2.75) is 37.7 Å². The summed E-state index contributed by atoms with van der Waals surface area (Å²) in [4.78, 5) is 19.1. The predicted molar refractivity (Wildman–Crippen MR) is 145 cm³/mol. The van der Waals surface area contributed by atoms with Gasteiger partial charge in [0.25, 0.3) is 0 Å². The molecule has 0 aliphatic carbocycles. The minimum absolute atomic E-state index is 0. The largest absolute Gasteiger partial charge is 0.470 e. The first-order chi connectivity index (χ1) is 17.3. The number of hydrogen-bond donors (Lipinski definition) is 2. The Bertz CT molecular complexity index is 1160. The van der Waals surface area contributed by atoms with Crippen LogP contribution >= 0.6 is 12.4 Å². The van der Waals surface area contributed by atoms with Crippen LogP contribution in [-0.4, -0.2) is 72.0 Å². The van der Waals surface area contributed by atoms with Crippen LogP contribution in [0.15, 0.2) is 42.6 Å². The van der Waals surface area contributed by atoms with E-state index in [0.29, 0.717) is 11.8 Å². The lowest BCUT2D eigenvalue weighted by atomic mass is 9.92. The Balaban J connectivity index is 0.00000267. The summed E-state index contributed by atoms with van der Waals surface area (Å²) >= 11 is 0. The number of nitrogens with zero attached hydrogens (tertiary/aromatic N) is 5. The Labute approximate surface area is 218 Å². The molecule has 6 rings (SSSR count). The minimum Gasteiger partial charge on any atom is -0.470 e. The van der Waals surface area contributed by atoms with Gasteiger partial charge in [-0.3, -0.25) is 0 Å². The standard InChI is InChI=1S/C27H34N6O2.ClH/c34-18-19-9-13-32(14-10-19)27-29-15-23(20-7-11-28-12-8-20)26(31-27)35-22-16-33(17-22)25-6-5-21-3-1-2-4-24(21)30-25;/h1-6,15,19-20,22,28,34H,7-14,16-18H2;1H. The maximum atomic E-state index is 9.48. The first-order valence-electron chi connectivity index (χ1n) is 13.0. The number of fused-ring (bicyclic) bond motifs is 1.